The Hall–Kier alpha value is 0.330. The first-order valence-corrected chi connectivity index (χ1v) is 9.50. The van der Waals surface area contributed by atoms with Gasteiger partial charge in [0, 0.05) is 0 Å². The molecule has 1 rings (SSSR count). The summed E-state index contributed by atoms with van der Waals surface area (Å²) in [6, 6.07) is 4.80. The van der Waals surface area contributed by atoms with Crippen molar-refractivity contribution in [3.8, 4) is 0 Å². The van der Waals surface area contributed by atoms with Crippen molar-refractivity contribution < 1.29 is 19.2 Å². The molecule has 21 heavy (non-hydrogen) atoms. The van der Waals surface area contributed by atoms with Gasteiger partial charge < -0.3 is 14.7 Å². The van der Waals surface area contributed by atoms with Crippen LogP contribution in [0.25, 0.3) is 0 Å². The van der Waals surface area contributed by atoms with Gasteiger partial charge in [0.25, 0.3) is 0 Å². The van der Waals surface area contributed by atoms with E-state index < -0.39 is 7.82 Å². The molecule has 116 valence electrons. The summed E-state index contributed by atoms with van der Waals surface area (Å²) in [6.07, 6.45) is 0. The molecule has 0 saturated carbocycles. The van der Waals surface area contributed by atoms with Gasteiger partial charge in [0.1, 0.15) is 0 Å². The summed E-state index contributed by atoms with van der Waals surface area (Å²) in [5.41, 5.74) is 5.01. The third-order valence-corrected chi connectivity index (χ3v) is 4.67. The molecule has 0 heterocycles. The van der Waals surface area contributed by atoms with Crippen LogP contribution < -0.4 is 2.81 Å². The minimum atomic E-state index is -4.64. The van der Waals surface area contributed by atoms with Crippen molar-refractivity contribution in [3.05, 3.63) is 28.8 Å². The van der Waals surface area contributed by atoms with Crippen LogP contribution in [-0.2, 0) is 15.4 Å². The molecule has 1 aromatic rings. The predicted molar refractivity (Wildman–Crippen MR) is 88.2 cm³/mol. The van der Waals surface area contributed by atoms with Crippen LogP contribution in [0.5, 0.6) is 0 Å². The summed E-state index contributed by atoms with van der Waals surface area (Å²) in [5.74, 6) is 0. The molecule has 4 nitrogen and oxygen atoms in total. The summed E-state index contributed by atoms with van der Waals surface area (Å²) in [5, 5.41) is 0. The van der Waals surface area contributed by atoms with Gasteiger partial charge in [-0.1, -0.05) is 0 Å². The molecule has 0 radical (unpaired) electrons. The molecule has 3 N–H and O–H groups in total. The number of rotatable bonds is 0. The molecule has 0 aromatic heterocycles. The van der Waals surface area contributed by atoms with E-state index in [9.17, 15) is 0 Å². The van der Waals surface area contributed by atoms with Gasteiger partial charge in [-0.05, 0) is 0 Å². The molecule has 0 atom stereocenters. The number of hydrogen-bond donors (Lipinski definition) is 3. The van der Waals surface area contributed by atoms with Crippen LogP contribution in [0, 0.1) is 6.92 Å². The largest absolute Gasteiger partial charge is 0.466 e. The van der Waals surface area contributed by atoms with Gasteiger partial charge in [-0.15, -0.1) is 0 Å². The zero-order chi connectivity index (χ0) is 17.2. The first-order valence-electron chi connectivity index (χ1n) is 6.94. The first-order chi connectivity index (χ1) is 9.03. The van der Waals surface area contributed by atoms with E-state index >= 15 is 0 Å². The van der Waals surface area contributed by atoms with Crippen LogP contribution in [0.4, 0.5) is 0 Å². The van der Waals surface area contributed by atoms with E-state index in [1.807, 2.05) is 0 Å². The average molecular weight is 324 g/mol. The average Bonchev–Trinajstić information content (AvgIpc) is 2.15. The van der Waals surface area contributed by atoms with E-state index in [4.69, 9.17) is 19.2 Å². The smallest absolute Gasteiger partial charge is 0.303 e. The summed E-state index contributed by atoms with van der Waals surface area (Å²) >= 11 is 1.14. The summed E-state index contributed by atoms with van der Waals surface area (Å²) in [4.78, 5) is 21.6. The molecule has 1 aromatic carbocycles. The topological polar surface area (TPSA) is 77.8 Å². The minimum absolute atomic E-state index is 0.250. The molecular weight excluding hydrogens is 298 g/mol. The van der Waals surface area contributed by atoms with Crippen LogP contribution in [0.3, 0.4) is 0 Å². The monoisotopic (exact) mass is 324 g/mol. The Morgan fingerprint density at radius 1 is 0.952 bits per heavy atom. The van der Waals surface area contributed by atoms with Crippen LogP contribution in [0.2, 0.25) is 0 Å². The summed E-state index contributed by atoms with van der Waals surface area (Å²) in [7, 11) is -4.64. The zero-order valence-electron chi connectivity index (χ0n) is 14.4. The fourth-order valence-electron chi connectivity index (χ4n) is 2.07. The Balaban J connectivity index is 0.000000690. The number of benzene rings is 1. The number of aryl methyl sites for hydroxylation is 1. The Labute approximate surface area is 145 Å². The zero-order valence-corrected chi connectivity index (χ0v) is 17.2. The van der Waals surface area contributed by atoms with E-state index in [1.54, 1.807) is 8.38 Å². The molecule has 0 fully saturated rings. The molecule has 0 aliphatic rings. The van der Waals surface area contributed by atoms with Crippen molar-refractivity contribution >= 4 is 38.6 Å². The van der Waals surface area contributed by atoms with E-state index in [0.29, 0.717) is 0 Å². The maximum Gasteiger partial charge on any atom is 0.466 e. The fourth-order valence-corrected chi connectivity index (χ4v) is 3.11. The fraction of sp³-hybridized carbons (Fsp3) is 0.600. The molecule has 0 amide bonds. The molecule has 0 unspecified atom stereocenters. The number of hydrogen-bond acceptors (Lipinski definition) is 1. The Morgan fingerprint density at radius 3 is 1.62 bits per heavy atom. The summed E-state index contributed by atoms with van der Waals surface area (Å²) < 4.78 is 10.5. The Morgan fingerprint density at radius 2 is 1.33 bits per heavy atom. The molecule has 0 bridgehead atoms. The predicted octanol–water partition coefficient (Wildman–Crippen LogP) is 2.46. The second-order valence-corrected chi connectivity index (χ2v) is 9.51. The van der Waals surface area contributed by atoms with Crippen molar-refractivity contribution in [1.82, 2.24) is 0 Å². The van der Waals surface area contributed by atoms with Crippen LogP contribution >= 0.6 is 7.82 Å². The molecular formula is C15H26NaO4P. The van der Waals surface area contributed by atoms with Crippen molar-refractivity contribution in [2.75, 3.05) is 0 Å². The van der Waals surface area contributed by atoms with Crippen molar-refractivity contribution in [2.24, 2.45) is 0 Å². The van der Waals surface area contributed by atoms with E-state index in [-0.39, 0.29) is 10.8 Å². The maximum atomic E-state index is 8.88. The normalized spacial score (nSPS) is 12.8. The second-order valence-electron chi connectivity index (χ2n) is 7.48. The third kappa shape index (κ3) is 8.51. The standard InChI is InChI=1S/C15H23.Na.H3O4P/c1-11-8-12(14(2,3)4)10-13(9-11)15(5,6)7;;1-5(2,3)4/h8,10H,1-7H3;;(H3,1,2,3,4). The van der Waals surface area contributed by atoms with Gasteiger partial charge in [0.15, 0.2) is 0 Å². The molecule has 0 spiro atoms. The van der Waals surface area contributed by atoms with Crippen molar-refractivity contribution in [3.63, 3.8) is 0 Å². The molecule has 0 aliphatic heterocycles. The second kappa shape index (κ2) is 7.27. The van der Waals surface area contributed by atoms with Gasteiger partial charge >= 0.3 is 127 Å². The number of phosphoric acid groups is 1. The summed E-state index contributed by atoms with van der Waals surface area (Å²) in [6.45, 7) is 16.1. The third-order valence-electron chi connectivity index (χ3n) is 3.34. The van der Waals surface area contributed by atoms with Gasteiger partial charge in [0.05, 0.1) is 0 Å². The van der Waals surface area contributed by atoms with E-state index in [1.165, 1.54) is 11.1 Å². The van der Waals surface area contributed by atoms with Crippen LogP contribution in [-0.4, -0.2) is 42.6 Å². The van der Waals surface area contributed by atoms with Crippen molar-refractivity contribution in [2.45, 2.75) is 59.3 Å². The van der Waals surface area contributed by atoms with Crippen molar-refractivity contribution in [1.29, 1.82) is 0 Å². The van der Waals surface area contributed by atoms with Gasteiger partial charge in [-0.2, -0.15) is 0 Å². The maximum absolute atomic E-state index is 8.88. The quantitative estimate of drug-likeness (QED) is 0.506. The van der Waals surface area contributed by atoms with Gasteiger partial charge in [-0.3, -0.25) is 0 Å². The molecule has 0 saturated heterocycles. The molecule has 6 heteroatoms. The Bertz CT molecular complexity index is 528. The van der Waals surface area contributed by atoms with Gasteiger partial charge in [0.2, 0.25) is 0 Å². The minimum Gasteiger partial charge on any atom is -0.303 e. The van der Waals surface area contributed by atoms with Crippen LogP contribution in [0.1, 0.15) is 58.2 Å². The SMILES string of the molecule is Cc1cc(C(C)(C)C)cc(C(C)(C)C)[c]1[Na].O=P(O)(O)O. The van der Waals surface area contributed by atoms with E-state index in [0.717, 1.165) is 27.9 Å². The first kappa shape index (κ1) is 21.3. The van der Waals surface area contributed by atoms with E-state index in [2.05, 4.69) is 60.6 Å². The van der Waals surface area contributed by atoms with Crippen LogP contribution in [0.15, 0.2) is 12.1 Å². The Kier molecular flexibility index (Phi) is 7.38. The van der Waals surface area contributed by atoms with Gasteiger partial charge in [-0.25, -0.2) is 4.57 Å². The molecule has 0 aliphatic carbocycles.